The fraction of sp³-hybridized carbons (Fsp3) is 0.826. The zero-order chi connectivity index (χ0) is 20.6. The molecule has 0 aromatic heterocycles. The van der Waals surface area contributed by atoms with E-state index >= 15 is 0 Å². The standard InChI is InChI=1S/C23H38O5/c1-23(14-7-8-15-23)21(26)12-9-11-18-17(19(24)16-20(18)25)10-5-3-4-6-13-22(27)28-2/h9,11,17-18,20-21,25-26H,3-8,10,12-16H2,1-2H3/b11-9+/t17-,18-,20-,21?/m1/s1. The fourth-order valence-corrected chi connectivity index (χ4v) is 4.85. The number of carbonyl (C=O) groups excluding carboxylic acids is 2. The lowest BCUT2D eigenvalue weighted by atomic mass is 9.80. The largest absolute Gasteiger partial charge is 0.469 e. The van der Waals surface area contributed by atoms with Crippen molar-refractivity contribution in [2.24, 2.45) is 17.3 Å². The van der Waals surface area contributed by atoms with Gasteiger partial charge in [0.25, 0.3) is 0 Å². The summed E-state index contributed by atoms with van der Waals surface area (Å²) < 4.78 is 4.63. The Morgan fingerprint density at radius 3 is 2.61 bits per heavy atom. The van der Waals surface area contributed by atoms with E-state index < -0.39 is 6.10 Å². The van der Waals surface area contributed by atoms with Gasteiger partial charge in [-0.3, -0.25) is 9.59 Å². The highest BCUT2D eigenvalue weighted by Crippen LogP contribution is 2.42. The summed E-state index contributed by atoms with van der Waals surface area (Å²) in [4.78, 5) is 23.4. The number of esters is 1. The summed E-state index contributed by atoms with van der Waals surface area (Å²) in [6.45, 7) is 2.16. The number of hydrogen-bond donors (Lipinski definition) is 2. The van der Waals surface area contributed by atoms with Crippen LogP contribution in [0.5, 0.6) is 0 Å². The summed E-state index contributed by atoms with van der Waals surface area (Å²) in [5.41, 5.74) is 0.0120. The highest BCUT2D eigenvalue weighted by atomic mass is 16.5. The van der Waals surface area contributed by atoms with Crippen LogP contribution in [0, 0.1) is 17.3 Å². The Labute approximate surface area is 169 Å². The quantitative estimate of drug-likeness (QED) is 0.315. The average Bonchev–Trinajstić information content (AvgIpc) is 3.22. The summed E-state index contributed by atoms with van der Waals surface area (Å²) in [7, 11) is 1.40. The van der Waals surface area contributed by atoms with E-state index in [0.717, 1.165) is 44.9 Å². The summed E-state index contributed by atoms with van der Waals surface area (Å²) in [5, 5.41) is 20.8. The molecular weight excluding hydrogens is 356 g/mol. The molecule has 0 saturated heterocycles. The zero-order valence-corrected chi connectivity index (χ0v) is 17.6. The van der Waals surface area contributed by atoms with Gasteiger partial charge in [-0.15, -0.1) is 0 Å². The van der Waals surface area contributed by atoms with Crippen molar-refractivity contribution >= 4 is 11.8 Å². The summed E-state index contributed by atoms with van der Waals surface area (Å²) in [5.74, 6) is -0.273. The summed E-state index contributed by atoms with van der Waals surface area (Å²) >= 11 is 0. The molecule has 2 rings (SSSR count). The second-order valence-electron chi connectivity index (χ2n) is 8.99. The van der Waals surface area contributed by atoms with E-state index in [0.29, 0.717) is 12.8 Å². The van der Waals surface area contributed by atoms with E-state index in [1.165, 1.54) is 20.0 Å². The van der Waals surface area contributed by atoms with E-state index in [1.54, 1.807) is 0 Å². The number of aliphatic hydroxyl groups is 2. The second kappa shape index (κ2) is 11.1. The van der Waals surface area contributed by atoms with Gasteiger partial charge < -0.3 is 14.9 Å². The summed E-state index contributed by atoms with van der Waals surface area (Å²) in [6.07, 6.45) is 13.2. The molecule has 2 aliphatic carbocycles. The van der Waals surface area contributed by atoms with E-state index in [9.17, 15) is 19.8 Å². The minimum Gasteiger partial charge on any atom is -0.469 e. The predicted molar refractivity (Wildman–Crippen MR) is 109 cm³/mol. The molecule has 0 heterocycles. The molecule has 2 fully saturated rings. The topological polar surface area (TPSA) is 83.8 Å². The normalized spacial score (nSPS) is 28.1. The van der Waals surface area contributed by atoms with Crippen LogP contribution >= 0.6 is 0 Å². The second-order valence-corrected chi connectivity index (χ2v) is 8.99. The van der Waals surface area contributed by atoms with Gasteiger partial charge in [0.05, 0.1) is 19.3 Å². The SMILES string of the molecule is COC(=O)CCCCCC[C@H]1C(=O)C[C@@H](O)[C@@H]1/C=C/CC(O)C1(C)CCCC1. The number of ether oxygens (including phenoxy) is 1. The van der Waals surface area contributed by atoms with Crippen LogP contribution in [0.2, 0.25) is 0 Å². The average molecular weight is 395 g/mol. The van der Waals surface area contributed by atoms with Crippen molar-refractivity contribution in [3.05, 3.63) is 12.2 Å². The number of methoxy groups -OCH3 is 1. The lowest BCUT2D eigenvalue weighted by Crippen LogP contribution is -2.29. The number of Topliss-reactive ketones (excluding diaryl/α,β-unsaturated/α-hetero) is 1. The van der Waals surface area contributed by atoms with Crippen LogP contribution in [-0.2, 0) is 14.3 Å². The lowest BCUT2D eigenvalue weighted by Gasteiger charge is -2.29. The molecule has 0 spiro atoms. The number of hydrogen-bond acceptors (Lipinski definition) is 5. The molecule has 2 saturated carbocycles. The maximum Gasteiger partial charge on any atom is 0.305 e. The van der Waals surface area contributed by atoms with Crippen molar-refractivity contribution < 1.29 is 24.5 Å². The van der Waals surface area contributed by atoms with E-state index in [-0.39, 0.29) is 41.5 Å². The Kier molecular flexibility index (Phi) is 9.16. The Bertz CT molecular complexity index is 535. The minimum absolute atomic E-state index is 0.0120. The molecule has 2 aliphatic rings. The molecule has 0 aromatic rings. The first kappa shape index (κ1) is 23.1. The van der Waals surface area contributed by atoms with Gasteiger partial charge in [0.1, 0.15) is 5.78 Å². The molecule has 0 amide bonds. The van der Waals surface area contributed by atoms with Gasteiger partial charge in [-0.05, 0) is 37.5 Å². The first-order chi connectivity index (χ1) is 13.4. The number of ketones is 1. The van der Waals surface area contributed by atoms with Gasteiger partial charge in [-0.25, -0.2) is 0 Å². The third-order valence-electron chi connectivity index (χ3n) is 6.87. The van der Waals surface area contributed by atoms with Gasteiger partial charge >= 0.3 is 5.97 Å². The van der Waals surface area contributed by atoms with E-state index in [4.69, 9.17) is 0 Å². The molecule has 0 aliphatic heterocycles. The van der Waals surface area contributed by atoms with Crippen LogP contribution in [0.3, 0.4) is 0 Å². The fourth-order valence-electron chi connectivity index (χ4n) is 4.85. The molecule has 5 nitrogen and oxygen atoms in total. The molecule has 5 heteroatoms. The van der Waals surface area contributed by atoms with Crippen molar-refractivity contribution in [1.82, 2.24) is 0 Å². The Balaban J connectivity index is 1.76. The Morgan fingerprint density at radius 1 is 1.25 bits per heavy atom. The third kappa shape index (κ3) is 6.41. The molecule has 0 aromatic carbocycles. The van der Waals surface area contributed by atoms with Crippen molar-refractivity contribution in [3.63, 3.8) is 0 Å². The highest BCUT2D eigenvalue weighted by Gasteiger charge is 2.39. The predicted octanol–water partition coefficient (Wildman–Crippen LogP) is 3.95. The zero-order valence-electron chi connectivity index (χ0n) is 17.6. The van der Waals surface area contributed by atoms with Crippen LogP contribution in [0.4, 0.5) is 0 Å². The maximum atomic E-state index is 12.3. The number of rotatable bonds is 11. The molecule has 1 unspecified atom stereocenters. The molecule has 160 valence electrons. The highest BCUT2D eigenvalue weighted by molar-refractivity contribution is 5.84. The monoisotopic (exact) mass is 394 g/mol. The van der Waals surface area contributed by atoms with Gasteiger partial charge in [0, 0.05) is 24.7 Å². The van der Waals surface area contributed by atoms with Gasteiger partial charge in [-0.1, -0.05) is 51.2 Å². The third-order valence-corrected chi connectivity index (χ3v) is 6.87. The first-order valence-corrected chi connectivity index (χ1v) is 11.0. The van der Waals surface area contributed by atoms with Crippen LogP contribution in [0.1, 0.15) is 84.0 Å². The minimum atomic E-state index is -0.604. The van der Waals surface area contributed by atoms with Gasteiger partial charge in [0.2, 0.25) is 0 Å². The van der Waals surface area contributed by atoms with Crippen LogP contribution in [0.15, 0.2) is 12.2 Å². The molecule has 0 radical (unpaired) electrons. The van der Waals surface area contributed by atoms with E-state index in [1.807, 2.05) is 12.2 Å². The molecule has 2 N–H and O–H groups in total. The smallest absolute Gasteiger partial charge is 0.305 e. The van der Waals surface area contributed by atoms with Crippen LogP contribution < -0.4 is 0 Å². The van der Waals surface area contributed by atoms with Gasteiger partial charge in [-0.2, -0.15) is 0 Å². The molecule has 28 heavy (non-hydrogen) atoms. The molecular formula is C23H38O5. The van der Waals surface area contributed by atoms with Crippen molar-refractivity contribution in [2.45, 2.75) is 96.2 Å². The number of aliphatic hydroxyl groups excluding tert-OH is 2. The Hall–Kier alpha value is -1.20. The number of carbonyl (C=O) groups is 2. The molecule has 0 bridgehead atoms. The Morgan fingerprint density at radius 2 is 1.93 bits per heavy atom. The first-order valence-electron chi connectivity index (χ1n) is 11.0. The van der Waals surface area contributed by atoms with Crippen molar-refractivity contribution in [1.29, 1.82) is 0 Å². The van der Waals surface area contributed by atoms with Crippen molar-refractivity contribution in [3.8, 4) is 0 Å². The van der Waals surface area contributed by atoms with Gasteiger partial charge in [0.15, 0.2) is 0 Å². The van der Waals surface area contributed by atoms with Crippen LogP contribution in [0.25, 0.3) is 0 Å². The van der Waals surface area contributed by atoms with Crippen molar-refractivity contribution in [2.75, 3.05) is 7.11 Å². The maximum absolute atomic E-state index is 12.3. The van der Waals surface area contributed by atoms with Crippen LogP contribution in [-0.4, -0.2) is 41.3 Å². The van der Waals surface area contributed by atoms with E-state index in [2.05, 4.69) is 11.7 Å². The molecule has 4 atom stereocenters. The summed E-state index contributed by atoms with van der Waals surface area (Å²) in [6, 6.07) is 0. The lowest BCUT2D eigenvalue weighted by molar-refractivity contribution is -0.140. The number of unbranched alkanes of at least 4 members (excludes halogenated alkanes) is 3.